The first kappa shape index (κ1) is 15.5. The van der Waals surface area contributed by atoms with E-state index in [1.54, 1.807) is 18.2 Å². The summed E-state index contributed by atoms with van der Waals surface area (Å²) in [5.41, 5.74) is 0. The number of halogens is 1. The van der Waals surface area contributed by atoms with Gasteiger partial charge in [0.2, 0.25) is 0 Å². The lowest BCUT2D eigenvalue weighted by Crippen LogP contribution is -2.41. The van der Waals surface area contributed by atoms with E-state index in [1.165, 1.54) is 0 Å². The van der Waals surface area contributed by atoms with Gasteiger partial charge in [-0.3, -0.25) is 0 Å². The molecule has 20 heavy (non-hydrogen) atoms. The lowest BCUT2D eigenvalue weighted by Gasteiger charge is -2.23. The standard InChI is InChI=1S/C14H20ClNO4/c15-11-2-1-3-13(6-11)20-9-12(17)7-16-8-14-10-18-4-5-19-14/h1-3,6,12,14,16-17H,4-5,7-10H2. The maximum Gasteiger partial charge on any atom is 0.120 e. The van der Waals surface area contributed by atoms with Crippen LogP contribution >= 0.6 is 11.6 Å². The summed E-state index contributed by atoms with van der Waals surface area (Å²) >= 11 is 5.85. The number of ether oxygens (including phenoxy) is 3. The van der Waals surface area contributed by atoms with E-state index in [9.17, 15) is 5.11 Å². The third kappa shape index (κ3) is 5.64. The third-order valence-corrected chi connectivity index (χ3v) is 3.11. The van der Waals surface area contributed by atoms with Gasteiger partial charge in [-0.1, -0.05) is 17.7 Å². The van der Waals surface area contributed by atoms with Crippen LogP contribution in [0.25, 0.3) is 0 Å². The molecule has 1 saturated heterocycles. The van der Waals surface area contributed by atoms with E-state index in [-0.39, 0.29) is 12.7 Å². The second-order valence-electron chi connectivity index (χ2n) is 4.65. The van der Waals surface area contributed by atoms with Gasteiger partial charge in [-0.05, 0) is 18.2 Å². The highest BCUT2D eigenvalue weighted by Crippen LogP contribution is 2.17. The van der Waals surface area contributed by atoms with Gasteiger partial charge >= 0.3 is 0 Å². The van der Waals surface area contributed by atoms with Crippen LogP contribution in [0.2, 0.25) is 5.02 Å². The molecule has 2 unspecified atom stereocenters. The first-order valence-corrected chi connectivity index (χ1v) is 7.08. The number of aliphatic hydroxyl groups excluding tert-OH is 1. The number of hydrogen-bond acceptors (Lipinski definition) is 5. The highest BCUT2D eigenvalue weighted by atomic mass is 35.5. The maximum atomic E-state index is 9.82. The molecule has 2 N–H and O–H groups in total. The molecule has 0 spiro atoms. The summed E-state index contributed by atoms with van der Waals surface area (Å²) in [6.45, 7) is 3.21. The van der Waals surface area contributed by atoms with Crippen molar-refractivity contribution in [3.05, 3.63) is 29.3 Å². The Labute approximate surface area is 123 Å². The quantitative estimate of drug-likeness (QED) is 0.789. The molecule has 2 rings (SSSR count). The molecule has 1 aromatic carbocycles. The Balaban J connectivity index is 1.59. The van der Waals surface area contributed by atoms with Crippen molar-refractivity contribution in [3.8, 4) is 5.75 Å². The van der Waals surface area contributed by atoms with Gasteiger partial charge in [0.05, 0.1) is 25.9 Å². The fraction of sp³-hybridized carbons (Fsp3) is 0.571. The summed E-state index contributed by atoms with van der Waals surface area (Å²) in [5, 5.41) is 13.6. The minimum Gasteiger partial charge on any atom is -0.491 e. The van der Waals surface area contributed by atoms with Crippen LogP contribution < -0.4 is 10.1 Å². The minimum atomic E-state index is -0.585. The van der Waals surface area contributed by atoms with E-state index in [0.717, 1.165) is 0 Å². The molecular formula is C14H20ClNO4. The molecule has 112 valence electrons. The second kappa shape index (κ2) is 8.44. The molecular weight excluding hydrogens is 282 g/mol. The molecule has 1 heterocycles. The zero-order valence-corrected chi connectivity index (χ0v) is 12.0. The molecule has 5 nitrogen and oxygen atoms in total. The fourth-order valence-corrected chi connectivity index (χ4v) is 2.05. The van der Waals surface area contributed by atoms with Crippen LogP contribution in [0.15, 0.2) is 24.3 Å². The summed E-state index contributed by atoms with van der Waals surface area (Å²) in [5.74, 6) is 0.653. The molecule has 0 aromatic heterocycles. The molecule has 1 aromatic rings. The highest BCUT2D eigenvalue weighted by Gasteiger charge is 2.14. The molecule has 0 bridgehead atoms. The average molecular weight is 302 g/mol. The Morgan fingerprint density at radius 1 is 1.45 bits per heavy atom. The van der Waals surface area contributed by atoms with Gasteiger partial charge in [0, 0.05) is 18.1 Å². The van der Waals surface area contributed by atoms with E-state index < -0.39 is 6.10 Å². The highest BCUT2D eigenvalue weighted by molar-refractivity contribution is 6.30. The van der Waals surface area contributed by atoms with Gasteiger partial charge in [-0.2, -0.15) is 0 Å². The molecule has 2 atom stereocenters. The van der Waals surface area contributed by atoms with Gasteiger partial charge in [0.15, 0.2) is 0 Å². The van der Waals surface area contributed by atoms with Crippen molar-refractivity contribution >= 4 is 11.6 Å². The molecule has 0 radical (unpaired) electrons. The zero-order chi connectivity index (χ0) is 14.2. The average Bonchev–Trinajstić information content (AvgIpc) is 2.46. The molecule has 0 aliphatic carbocycles. The smallest absolute Gasteiger partial charge is 0.120 e. The summed E-state index contributed by atoms with van der Waals surface area (Å²) in [6, 6.07) is 7.11. The monoisotopic (exact) mass is 301 g/mol. The molecule has 1 fully saturated rings. The first-order chi connectivity index (χ1) is 9.74. The third-order valence-electron chi connectivity index (χ3n) is 2.88. The van der Waals surface area contributed by atoms with Crippen molar-refractivity contribution in [2.24, 2.45) is 0 Å². The summed E-state index contributed by atoms with van der Waals surface area (Å²) < 4.78 is 16.2. The normalized spacial score (nSPS) is 20.6. The van der Waals surface area contributed by atoms with Crippen LogP contribution in [0.4, 0.5) is 0 Å². The summed E-state index contributed by atoms with van der Waals surface area (Å²) in [7, 11) is 0. The maximum absolute atomic E-state index is 9.82. The van der Waals surface area contributed by atoms with E-state index >= 15 is 0 Å². The van der Waals surface area contributed by atoms with Crippen LogP contribution in [0.1, 0.15) is 0 Å². The SMILES string of the molecule is OC(CNCC1COCCO1)COc1cccc(Cl)c1. The predicted molar refractivity (Wildman–Crippen MR) is 76.4 cm³/mol. The lowest BCUT2D eigenvalue weighted by atomic mass is 10.3. The van der Waals surface area contributed by atoms with E-state index in [4.69, 9.17) is 25.8 Å². The Morgan fingerprint density at radius 3 is 3.10 bits per heavy atom. The number of rotatable bonds is 7. The Hall–Kier alpha value is -0.850. The Morgan fingerprint density at radius 2 is 2.35 bits per heavy atom. The van der Waals surface area contributed by atoms with Gasteiger partial charge < -0.3 is 24.6 Å². The van der Waals surface area contributed by atoms with Crippen molar-refractivity contribution in [3.63, 3.8) is 0 Å². The minimum absolute atomic E-state index is 0.0600. The van der Waals surface area contributed by atoms with Crippen LogP contribution in [0, 0.1) is 0 Å². The van der Waals surface area contributed by atoms with Crippen molar-refractivity contribution in [2.45, 2.75) is 12.2 Å². The molecule has 0 amide bonds. The molecule has 6 heteroatoms. The molecule has 1 aliphatic heterocycles. The van der Waals surface area contributed by atoms with Crippen molar-refractivity contribution < 1.29 is 19.3 Å². The molecule has 0 saturated carbocycles. The zero-order valence-electron chi connectivity index (χ0n) is 11.3. The van der Waals surface area contributed by atoms with Crippen molar-refractivity contribution in [1.82, 2.24) is 5.32 Å². The van der Waals surface area contributed by atoms with E-state index in [0.29, 0.717) is 43.7 Å². The van der Waals surface area contributed by atoms with Gasteiger partial charge in [-0.25, -0.2) is 0 Å². The van der Waals surface area contributed by atoms with E-state index in [2.05, 4.69) is 5.32 Å². The van der Waals surface area contributed by atoms with Crippen LogP contribution in [0.3, 0.4) is 0 Å². The number of hydrogen-bond donors (Lipinski definition) is 2. The number of benzene rings is 1. The predicted octanol–water partition coefficient (Wildman–Crippen LogP) is 1.08. The van der Waals surface area contributed by atoms with Crippen molar-refractivity contribution in [1.29, 1.82) is 0 Å². The summed E-state index contributed by atoms with van der Waals surface area (Å²) in [6.07, 6.45) is -0.525. The Bertz CT molecular complexity index is 399. The van der Waals surface area contributed by atoms with Crippen LogP contribution in [-0.4, -0.2) is 56.8 Å². The lowest BCUT2D eigenvalue weighted by molar-refractivity contribution is -0.0869. The van der Waals surface area contributed by atoms with Gasteiger partial charge in [-0.15, -0.1) is 0 Å². The van der Waals surface area contributed by atoms with Gasteiger partial charge in [0.1, 0.15) is 18.5 Å². The first-order valence-electron chi connectivity index (χ1n) is 6.70. The largest absolute Gasteiger partial charge is 0.491 e. The fourth-order valence-electron chi connectivity index (χ4n) is 1.87. The number of nitrogens with one attached hydrogen (secondary N) is 1. The van der Waals surface area contributed by atoms with E-state index in [1.807, 2.05) is 6.07 Å². The second-order valence-corrected chi connectivity index (χ2v) is 5.08. The topological polar surface area (TPSA) is 60.0 Å². The molecule has 1 aliphatic rings. The Kier molecular flexibility index (Phi) is 6.56. The van der Waals surface area contributed by atoms with Crippen LogP contribution in [-0.2, 0) is 9.47 Å². The summed E-state index contributed by atoms with van der Waals surface area (Å²) in [4.78, 5) is 0. The van der Waals surface area contributed by atoms with Gasteiger partial charge in [0.25, 0.3) is 0 Å². The number of aliphatic hydroxyl groups is 1. The van der Waals surface area contributed by atoms with Crippen LogP contribution in [0.5, 0.6) is 5.75 Å². The van der Waals surface area contributed by atoms with Crippen molar-refractivity contribution in [2.75, 3.05) is 39.5 Å².